The molecular formula is C8H12N2O3S. The maximum Gasteiger partial charge on any atom is 0.227 e. The molecule has 6 heteroatoms. The van der Waals surface area contributed by atoms with Gasteiger partial charge in [0.15, 0.2) is 0 Å². The Morgan fingerprint density at radius 3 is 3.00 bits per heavy atom. The van der Waals surface area contributed by atoms with E-state index in [0.717, 1.165) is 6.42 Å². The third-order valence-electron chi connectivity index (χ3n) is 2.26. The maximum absolute atomic E-state index is 11.3. The predicted molar refractivity (Wildman–Crippen MR) is 49.8 cm³/mol. The summed E-state index contributed by atoms with van der Waals surface area (Å²) in [5.41, 5.74) is 0. The minimum Gasteiger partial charge on any atom is -0.379 e. The molecule has 1 saturated heterocycles. The minimum atomic E-state index is -3.23. The van der Waals surface area contributed by atoms with Crippen LogP contribution in [0.1, 0.15) is 12.5 Å². The Labute approximate surface area is 82.6 Å². The van der Waals surface area contributed by atoms with Gasteiger partial charge in [-0.3, -0.25) is 0 Å². The Bertz CT molecular complexity index is 418. The molecule has 1 aliphatic rings. The maximum atomic E-state index is 11.3. The summed E-state index contributed by atoms with van der Waals surface area (Å²) < 4.78 is 29.6. The lowest BCUT2D eigenvalue weighted by Gasteiger charge is -2.11. The van der Waals surface area contributed by atoms with Crippen LogP contribution in [0.4, 0.5) is 0 Å². The topological polar surface area (TPSA) is 61.2 Å². The standard InChI is InChI=1S/C8H12N2O3S/c1-14(11,12)8-9-3-4-10(8)7-2-5-13-6-7/h3-4,7H,2,5-6H2,1H3. The summed E-state index contributed by atoms with van der Waals surface area (Å²) in [6.45, 7) is 1.25. The summed E-state index contributed by atoms with van der Waals surface area (Å²) in [7, 11) is -3.23. The molecule has 0 aromatic carbocycles. The zero-order chi connectivity index (χ0) is 10.2. The molecule has 0 amide bonds. The van der Waals surface area contributed by atoms with Gasteiger partial charge in [-0.15, -0.1) is 0 Å². The van der Waals surface area contributed by atoms with Crippen molar-refractivity contribution in [3.8, 4) is 0 Å². The van der Waals surface area contributed by atoms with Crippen LogP contribution in [-0.4, -0.2) is 37.4 Å². The molecule has 0 saturated carbocycles. The van der Waals surface area contributed by atoms with Gasteiger partial charge in [0.05, 0.1) is 12.6 Å². The number of hydrogen-bond donors (Lipinski definition) is 0. The molecule has 0 N–H and O–H groups in total. The summed E-state index contributed by atoms with van der Waals surface area (Å²) in [4.78, 5) is 3.85. The summed E-state index contributed by atoms with van der Waals surface area (Å²) in [5.74, 6) is 0. The van der Waals surface area contributed by atoms with Crippen LogP contribution in [0.15, 0.2) is 17.6 Å². The molecule has 0 bridgehead atoms. The van der Waals surface area contributed by atoms with Gasteiger partial charge in [-0.1, -0.05) is 0 Å². The largest absolute Gasteiger partial charge is 0.379 e. The third kappa shape index (κ3) is 1.67. The number of ether oxygens (including phenoxy) is 1. The predicted octanol–water partition coefficient (Wildman–Crippen LogP) is 0.248. The zero-order valence-corrected chi connectivity index (χ0v) is 8.70. The normalized spacial score (nSPS) is 22.8. The van der Waals surface area contributed by atoms with Gasteiger partial charge < -0.3 is 9.30 Å². The number of rotatable bonds is 2. The van der Waals surface area contributed by atoms with Crippen LogP contribution >= 0.6 is 0 Å². The highest BCUT2D eigenvalue weighted by molar-refractivity contribution is 7.90. The monoisotopic (exact) mass is 216 g/mol. The molecule has 1 aromatic rings. The van der Waals surface area contributed by atoms with Gasteiger partial charge in [0, 0.05) is 25.3 Å². The van der Waals surface area contributed by atoms with Gasteiger partial charge in [0.2, 0.25) is 15.0 Å². The summed E-state index contributed by atoms with van der Waals surface area (Å²) in [6.07, 6.45) is 5.21. The second-order valence-corrected chi connectivity index (χ2v) is 5.32. The molecule has 1 atom stereocenters. The molecule has 1 aromatic heterocycles. The highest BCUT2D eigenvalue weighted by atomic mass is 32.2. The van der Waals surface area contributed by atoms with E-state index in [9.17, 15) is 8.42 Å². The van der Waals surface area contributed by atoms with Crippen molar-refractivity contribution in [1.82, 2.24) is 9.55 Å². The van der Waals surface area contributed by atoms with Gasteiger partial charge >= 0.3 is 0 Å². The van der Waals surface area contributed by atoms with E-state index in [1.54, 1.807) is 10.8 Å². The van der Waals surface area contributed by atoms with Crippen LogP contribution in [-0.2, 0) is 14.6 Å². The Hall–Kier alpha value is -0.880. The van der Waals surface area contributed by atoms with E-state index in [-0.39, 0.29) is 11.2 Å². The van der Waals surface area contributed by atoms with Crippen molar-refractivity contribution in [2.75, 3.05) is 19.5 Å². The van der Waals surface area contributed by atoms with Crippen LogP contribution in [0.25, 0.3) is 0 Å². The van der Waals surface area contributed by atoms with Crippen LogP contribution in [0.3, 0.4) is 0 Å². The Kier molecular flexibility index (Phi) is 2.32. The van der Waals surface area contributed by atoms with E-state index in [1.165, 1.54) is 12.5 Å². The van der Waals surface area contributed by atoms with Gasteiger partial charge in [0.1, 0.15) is 0 Å². The van der Waals surface area contributed by atoms with E-state index < -0.39 is 9.84 Å². The van der Waals surface area contributed by atoms with Crippen LogP contribution in [0.5, 0.6) is 0 Å². The molecule has 14 heavy (non-hydrogen) atoms. The van der Waals surface area contributed by atoms with Crippen molar-refractivity contribution in [3.63, 3.8) is 0 Å². The van der Waals surface area contributed by atoms with Crippen LogP contribution in [0.2, 0.25) is 0 Å². The van der Waals surface area contributed by atoms with Crippen molar-refractivity contribution >= 4 is 9.84 Å². The van der Waals surface area contributed by atoms with Crippen LogP contribution < -0.4 is 0 Å². The second-order valence-electron chi connectivity index (χ2n) is 3.41. The SMILES string of the molecule is CS(=O)(=O)c1nccn1C1CCOC1. The Morgan fingerprint density at radius 2 is 2.43 bits per heavy atom. The van der Waals surface area contributed by atoms with E-state index in [2.05, 4.69) is 4.98 Å². The van der Waals surface area contributed by atoms with E-state index in [1.807, 2.05) is 0 Å². The fourth-order valence-corrected chi connectivity index (χ4v) is 2.45. The van der Waals surface area contributed by atoms with Crippen LogP contribution in [0, 0.1) is 0 Å². The lowest BCUT2D eigenvalue weighted by atomic mass is 10.3. The van der Waals surface area contributed by atoms with Crippen molar-refractivity contribution in [3.05, 3.63) is 12.4 Å². The lowest BCUT2D eigenvalue weighted by molar-refractivity contribution is 0.185. The molecule has 0 radical (unpaired) electrons. The van der Waals surface area contributed by atoms with Gasteiger partial charge in [0.25, 0.3) is 0 Å². The third-order valence-corrected chi connectivity index (χ3v) is 3.24. The smallest absolute Gasteiger partial charge is 0.227 e. The summed E-state index contributed by atoms with van der Waals surface area (Å²) >= 11 is 0. The number of aromatic nitrogens is 2. The molecule has 2 rings (SSSR count). The number of hydrogen-bond acceptors (Lipinski definition) is 4. The van der Waals surface area contributed by atoms with Crippen molar-refractivity contribution < 1.29 is 13.2 Å². The van der Waals surface area contributed by atoms with Gasteiger partial charge in [-0.2, -0.15) is 0 Å². The molecule has 78 valence electrons. The van der Waals surface area contributed by atoms with E-state index in [4.69, 9.17) is 4.74 Å². The fraction of sp³-hybridized carbons (Fsp3) is 0.625. The highest BCUT2D eigenvalue weighted by Crippen LogP contribution is 2.21. The molecule has 1 fully saturated rings. The molecule has 1 aliphatic heterocycles. The van der Waals surface area contributed by atoms with E-state index in [0.29, 0.717) is 13.2 Å². The van der Waals surface area contributed by atoms with Gasteiger partial charge in [-0.05, 0) is 6.42 Å². The molecule has 5 nitrogen and oxygen atoms in total. The van der Waals surface area contributed by atoms with Crippen molar-refractivity contribution in [2.24, 2.45) is 0 Å². The second kappa shape index (κ2) is 3.36. The average Bonchev–Trinajstić information content (AvgIpc) is 2.73. The number of nitrogens with zero attached hydrogens (tertiary/aromatic N) is 2. The Morgan fingerprint density at radius 1 is 1.64 bits per heavy atom. The molecule has 0 spiro atoms. The fourth-order valence-electron chi connectivity index (χ4n) is 1.61. The molecule has 1 unspecified atom stereocenters. The highest BCUT2D eigenvalue weighted by Gasteiger charge is 2.23. The molecule has 2 heterocycles. The number of imidazole rings is 1. The first-order valence-electron chi connectivity index (χ1n) is 4.39. The quantitative estimate of drug-likeness (QED) is 0.711. The first kappa shape index (κ1) is 9.67. The van der Waals surface area contributed by atoms with E-state index >= 15 is 0 Å². The minimum absolute atomic E-state index is 0.113. The molecule has 0 aliphatic carbocycles. The lowest BCUT2D eigenvalue weighted by Crippen LogP contribution is -2.14. The van der Waals surface area contributed by atoms with Gasteiger partial charge in [-0.25, -0.2) is 13.4 Å². The number of sulfone groups is 1. The van der Waals surface area contributed by atoms with Crippen molar-refractivity contribution in [1.29, 1.82) is 0 Å². The summed E-state index contributed by atoms with van der Waals surface area (Å²) in [5, 5.41) is 0.132. The van der Waals surface area contributed by atoms with Crippen molar-refractivity contribution in [2.45, 2.75) is 17.6 Å². The zero-order valence-electron chi connectivity index (χ0n) is 7.88. The first-order valence-corrected chi connectivity index (χ1v) is 6.29. The first-order chi connectivity index (χ1) is 6.59. The average molecular weight is 216 g/mol. The molecular weight excluding hydrogens is 204 g/mol. The summed E-state index contributed by atoms with van der Waals surface area (Å²) in [6, 6.07) is 0.113. The Balaban J connectivity index is 2.39.